The summed E-state index contributed by atoms with van der Waals surface area (Å²) >= 11 is 0. The average molecular weight is 331 g/mol. The molecule has 0 aliphatic carbocycles. The second-order valence-corrected chi connectivity index (χ2v) is 6.56. The van der Waals surface area contributed by atoms with E-state index in [9.17, 15) is 9.59 Å². The molecular weight excluding hydrogens is 306 g/mol. The fourth-order valence-electron chi connectivity index (χ4n) is 3.41. The number of urea groups is 1. The second kappa shape index (κ2) is 7.51. The molecule has 3 rings (SSSR count). The quantitative estimate of drug-likeness (QED) is 0.864. The molecule has 2 aliphatic rings. The first-order valence-electron chi connectivity index (χ1n) is 8.65. The van der Waals surface area contributed by atoms with Crippen LogP contribution in [0.4, 0.5) is 10.6 Å². The van der Waals surface area contributed by atoms with E-state index in [2.05, 4.69) is 15.2 Å². The number of nitrogens with two attached hydrogens (primary N) is 1. The molecule has 0 aromatic carbocycles. The van der Waals surface area contributed by atoms with Gasteiger partial charge in [0.25, 0.3) is 0 Å². The maximum Gasteiger partial charge on any atom is 0.314 e. The van der Waals surface area contributed by atoms with Crippen LogP contribution in [0.5, 0.6) is 0 Å². The Hall–Kier alpha value is -2.31. The number of carbonyl (C=O) groups excluding carboxylic acids is 2. The molecule has 7 heteroatoms. The number of likely N-dealkylation sites (tertiary alicyclic amines) is 1. The lowest BCUT2D eigenvalue weighted by Gasteiger charge is -2.30. The Labute approximate surface area is 142 Å². The van der Waals surface area contributed by atoms with Crippen LogP contribution in [0.1, 0.15) is 31.2 Å². The molecule has 0 unspecified atom stereocenters. The monoisotopic (exact) mass is 331 g/mol. The van der Waals surface area contributed by atoms with Gasteiger partial charge in [-0.2, -0.15) is 0 Å². The van der Waals surface area contributed by atoms with Crippen molar-refractivity contribution in [3.8, 4) is 0 Å². The maximum absolute atomic E-state index is 12.4. The Morgan fingerprint density at radius 1 is 1.25 bits per heavy atom. The number of carbonyl (C=O) groups is 2. The second-order valence-electron chi connectivity index (χ2n) is 6.56. The van der Waals surface area contributed by atoms with Gasteiger partial charge in [0, 0.05) is 38.9 Å². The van der Waals surface area contributed by atoms with E-state index >= 15 is 0 Å². The summed E-state index contributed by atoms with van der Waals surface area (Å²) in [5.74, 6) is 0.795. The van der Waals surface area contributed by atoms with E-state index < -0.39 is 6.03 Å². The van der Waals surface area contributed by atoms with E-state index in [0.717, 1.165) is 37.3 Å². The Balaban J connectivity index is 1.54. The van der Waals surface area contributed by atoms with Gasteiger partial charge < -0.3 is 20.9 Å². The molecule has 24 heavy (non-hydrogen) atoms. The predicted octanol–water partition coefficient (Wildman–Crippen LogP) is 1.09. The number of anilines is 1. The van der Waals surface area contributed by atoms with Gasteiger partial charge in [0.15, 0.2) is 0 Å². The lowest BCUT2D eigenvalue weighted by atomic mass is 9.97. The summed E-state index contributed by atoms with van der Waals surface area (Å²) in [6.07, 6.45) is 5.83. The molecule has 7 nitrogen and oxygen atoms in total. The average Bonchev–Trinajstić information content (AvgIpc) is 3.15. The number of primary amides is 1. The number of aromatic nitrogens is 1. The third kappa shape index (κ3) is 3.96. The molecular formula is C17H25N5O2. The third-order valence-corrected chi connectivity index (χ3v) is 4.81. The SMILES string of the molecule is NC(=O)N1CCC[C@H](C(=O)NCc2ccnc(N3CCCC3)c2)C1. The summed E-state index contributed by atoms with van der Waals surface area (Å²) in [5.41, 5.74) is 6.36. The third-order valence-electron chi connectivity index (χ3n) is 4.81. The first kappa shape index (κ1) is 16.5. The molecule has 3 heterocycles. The summed E-state index contributed by atoms with van der Waals surface area (Å²) in [7, 11) is 0. The van der Waals surface area contributed by atoms with Crippen molar-refractivity contribution in [3.63, 3.8) is 0 Å². The molecule has 1 aromatic rings. The van der Waals surface area contributed by atoms with Crippen molar-refractivity contribution < 1.29 is 9.59 Å². The normalized spacial score (nSPS) is 20.9. The topological polar surface area (TPSA) is 91.6 Å². The lowest BCUT2D eigenvalue weighted by molar-refractivity contribution is -0.126. The highest BCUT2D eigenvalue weighted by atomic mass is 16.2. The van der Waals surface area contributed by atoms with Crippen molar-refractivity contribution in [1.82, 2.24) is 15.2 Å². The molecule has 2 saturated heterocycles. The van der Waals surface area contributed by atoms with E-state index in [4.69, 9.17) is 5.73 Å². The van der Waals surface area contributed by atoms with Gasteiger partial charge in [-0.25, -0.2) is 9.78 Å². The van der Waals surface area contributed by atoms with Crippen LogP contribution in [-0.2, 0) is 11.3 Å². The van der Waals surface area contributed by atoms with Gasteiger partial charge in [0.2, 0.25) is 5.91 Å². The number of hydrogen-bond donors (Lipinski definition) is 2. The minimum atomic E-state index is -0.447. The van der Waals surface area contributed by atoms with Crippen molar-refractivity contribution >= 4 is 17.8 Å². The molecule has 0 spiro atoms. The first-order chi connectivity index (χ1) is 11.6. The number of amides is 3. The molecule has 2 aliphatic heterocycles. The lowest BCUT2D eigenvalue weighted by Crippen LogP contribution is -2.47. The molecule has 2 fully saturated rings. The summed E-state index contributed by atoms with van der Waals surface area (Å²) in [4.78, 5) is 31.9. The number of nitrogens with one attached hydrogen (secondary N) is 1. The molecule has 3 N–H and O–H groups in total. The number of pyridine rings is 1. The molecule has 0 saturated carbocycles. The van der Waals surface area contributed by atoms with Gasteiger partial charge >= 0.3 is 6.03 Å². The smallest absolute Gasteiger partial charge is 0.314 e. The zero-order valence-electron chi connectivity index (χ0n) is 13.9. The molecule has 0 radical (unpaired) electrons. The summed E-state index contributed by atoms with van der Waals surface area (Å²) in [6.45, 7) is 3.64. The zero-order chi connectivity index (χ0) is 16.9. The highest BCUT2D eigenvalue weighted by Gasteiger charge is 2.27. The predicted molar refractivity (Wildman–Crippen MR) is 91.4 cm³/mol. The van der Waals surface area contributed by atoms with Crippen LogP contribution in [0.15, 0.2) is 18.3 Å². The van der Waals surface area contributed by atoms with E-state index in [-0.39, 0.29) is 11.8 Å². The number of nitrogens with zero attached hydrogens (tertiary/aromatic N) is 3. The largest absolute Gasteiger partial charge is 0.357 e. The Morgan fingerprint density at radius 3 is 2.79 bits per heavy atom. The Morgan fingerprint density at radius 2 is 2.04 bits per heavy atom. The van der Waals surface area contributed by atoms with Gasteiger partial charge in [0.05, 0.1) is 5.92 Å². The molecule has 3 amide bonds. The van der Waals surface area contributed by atoms with Crippen LogP contribution in [-0.4, -0.2) is 48.0 Å². The highest BCUT2D eigenvalue weighted by molar-refractivity contribution is 5.80. The minimum absolute atomic E-state index is 0.0134. The van der Waals surface area contributed by atoms with Gasteiger partial charge in [-0.15, -0.1) is 0 Å². The minimum Gasteiger partial charge on any atom is -0.357 e. The van der Waals surface area contributed by atoms with E-state index in [0.29, 0.717) is 19.6 Å². The van der Waals surface area contributed by atoms with Crippen LogP contribution in [0, 0.1) is 5.92 Å². The van der Waals surface area contributed by atoms with Crippen molar-refractivity contribution in [2.24, 2.45) is 11.7 Å². The van der Waals surface area contributed by atoms with Crippen molar-refractivity contribution in [2.45, 2.75) is 32.2 Å². The first-order valence-corrected chi connectivity index (χ1v) is 8.65. The number of piperidine rings is 1. The van der Waals surface area contributed by atoms with E-state index in [1.54, 1.807) is 11.1 Å². The maximum atomic E-state index is 12.4. The van der Waals surface area contributed by atoms with Gasteiger partial charge in [0.1, 0.15) is 5.82 Å². The van der Waals surface area contributed by atoms with Crippen LogP contribution in [0.3, 0.4) is 0 Å². The Bertz CT molecular complexity index is 600. The molecule has 0 bridgehead atoms. The fourth-order valence-corrected chi connectivity index (χ4v) is 3.41. The van der Waals surface area contributed by atoms with Crippen molar-refractivity contribution in [1.29, 1.82) is 0 Å². The van der Waals surface area contributed by atoms with E-state index in [1.165, 1.54) is 12.8 Å². The summed E-state index contributed by atoms with van der Waals surface area (Å²) in [5, 5.41) is 2.98. The highest BCUT2D eigenvalue weighted by Crippen LogP contribution is 2.19. The van der Waals surface area contributed by atoms with Gasteiger partial charge in [-0.3, -0.25) is 4.79 Å². The standard InChI is InChI=1S/C17H25N5O2/c18-17(24)22-9-3-4-14(12-22)16(23)20-11-13-5-6-19-15(10-13)21-7-1-2-8-21/h5-6,10,14H,1-4,7-9,11-12H2,(H2,18,24)(H,20,23)/t14-/m0/s1. The molecule has 1 aromatic heterocycles. The van der Waals surface area contributed by atoms with Crippen LogP contribution < -0.4 is 16.0 Å². The van der Waals surface area contributed by atoms with E-state index in [1.807, 2.05) is 12.1 Å². The van der Waals surface area contributed by atoms with Gasteiger partial charge in [-0.05, 0) is 43.4 Å². The molecule has 1 atom stereocenters. The summed E-state index contributed by atoms with van der Waals surface area (Å²) < 4.78 is 0. The zero-order valence-corrected chi connectivity index (χ0v) is 13.9. The van der Waals surface area contributed by atoms with Crippen LogP contribution in [0.2, 0.25) is 0 Å². The fraction of sp³-hybridized carbons (Fsp3) is 0.588. The number of rotatable bonds is 4. The van der Waals surface area contributed by atoms with Crippen molar-refractivity contribution in [2.75, 3.05) is 31.1 Å². The summed E-state index contributed by atoms with van der Waals surface area (Å²) in [6, 6.07) is 3.52. The number of hydrogen-bond acceptors (Lipinski definition) is 4. The molecule has 130 valence electrons. The Kier molecular flexibility index (Phi) is 5.17. The van der Waals surface area contributed by atoms with Crippen LogP contribution >= 0.6 is 0 Å². The van der Waals surface area contributed by atoms with Crippen LogP contribution in [0.25, 0.3) is 0 Å². The van der Waals surface area contributed by atoms with Gasteiger partial charge in [-0.1, -0.05) is 0 Å². The van der Waals surface area contributed by atoms with Crippen molar-refractivity contribution in [3.05, 3.63) is 23.9 Å².